The number of rotatable bonds is 1. The van der Waals surface area contributed by atoms with Crippen LogP contribution in [0.15, 0.2) is 0 Å². The molecule has 0 radical (unpaired) electrons. The smallest absolute Gasteiger partial charge is 0.409 e. The van der Waals surface area contributed by atoms with Crippen molar-refractivity contribution in [1.29, 1.82) is 0 Å². The molecular weight excluding hydrogens is 254 g/mol. The van der Waals surface area contributed by atoms with Crippen LogP contribution in [0.3, 0.4) is 0 Å². The van der Waals surface area contributed by atoms with Gasteiger partial charge in [-0.2, -0.15) is 0 Å². The molecule has 114 valence electrons. The van der Waals surface area contributed by atoms with Crippen LogP contribution in [0.4, 0.5) is 4.79 Å². The highest BCUT2D eigenvalue weighted by Gasteiger charge is 2.53. The maximum absolute atomic E-state index is 12.3. The zero-order valence-corrected chi connectivity index (χ0v) is 13.2. The van der Waals surface area contributed by atoms with Crippen molar-refractivity contribution in [2.75, 3.05) is 19.7 Å². The molecule has 0 aromatic carbocycles. The molecule has 4 nitrogen and oxygen atoms in total. The minimum Gasteiger partial charge on any atom is -0.450 e. The van der Waals surface area contributed by atoms with Gasteiger partial charge in [-0.1, -0.05) is 20.8 Å². The summed E-state index contributed by atoms with van der Waals surface area (Å²) in [6.07, 6.45) is 3.35. The Kier molecular flexibility index (Phi) is 4.12. The quantitative estimate of drug-likeness (QED) is 0.741. The largest absolute Gasteiger partial charge is 0.450 e. The second kappa shape index (κ2) is 5.38. The molecule has 2 aliphatic rings. The van der Waals surface area contributed by atoms with Gasteiger partial charge in [0, 0.05) is 25.4 Å². The van der Waals surface area contributed by atoms with Crippen molar-refractivity contribution in [1.82, 2.24) is 4.90 Å². The van der Waals surface area contributed by atoms with Crippen LogP contribution in [-0.2, 0) is 9.53 Å². The van der Waals surface area contributed by atoms with E-state index in [1.54, 1.807) is 4.90 Å². The molecule has 1 saturated carbocycles. The average molecular weight is 281 g/mol. The topological polar surface area (TPSA) is 46.6 Å². The Hall–Kier alpha value is -1.06. The number of amides is 1. The minimum absolute atomic E-state index is 0.0136. The van der Waals surface area contributed by atoms with Gasteiger partial charge in [0.05, 0.1) is 6.61 Å². The van der Waals surface area contributed by atoms with Gasteiger partial charge in [0.2, 0.25) is 0 Å². The van der Waals surface area contributed by atoms with E-state index >= 15 is 0 Å². The molecular formula is C16H27NO3. The van der Waals surface area contributed by atoms with Crippen molar-refractivity contribution < 1.29 is 14.3 Å². The first kappa shape index (κ1) is 15.3. The number of ether oxygens (including phenoxy) is 1. The van der Waals surface area contributed by atoms with E-state index < -0.39 is 0 Å². The van der Waals surface area contributed by atoms with Crippen LogP contribution >= 0.6 is 0 Å². The number of hydrogen-bond donors (Lipinski definition) is 0. The van der Waals surface area contributed by atoms with Gasteiger partial charge in [0.25, 0.3) is 0 Å². The van der Waals surface area contributed by atoms with Gasteiger partial charge in [0.15, 0.2) is 0 Å². The van der Waals surface area contributed by atoms with E-state index in [0.717, 1.165) is 32.4 Å². The van der Waals surface area contributed by atoms with Crippen LogP contribution in [0.1, 0.15) is 53.4 Å². The highest BCUT2D eigenvalue weighted by molar-refractivity contribution is 5.85. The third-order valence-electron chi connectivity index (χ3n) is 4.95. The Morgan fingerprint density at radius 2 is 1.90 bits per heavy atom. The van der Waals surface area contributed by atoms with Gasteiger partial charge in [-0.25, -0.2) is 4.79 Å². The lowest BCUT2D eigenvalue weighted by Gasteiger charge is -2.46. The molecule has 2 rings (SSSR count). The third-order valence-corrected chi connectivity index (χ3v) is 4.95. The summed E-state index contributed by atoms with van der Waals surface area (Å²) in [6, 6.07) is 0. The van der Waals surface area contributed by atoms with Crippen LogP contribution in [0, 0.1) is 16.7 Å². The van der Waals surface area contributed by atoms with Crippen molar-refractivity contribution in [2.45, 2.75) is 53.4 Å². The number of piperidine rings is 1. The van der Waals surface area contributed by atoms with Crippen molar-refractivity contribution in [3.63, 3.8) is 0 Å². The van der Waals surface area contributed by atoms with Crippen LogP contribution in [-0.4, -0.2) is 36.5 Å². The highest BCUT2D eigenvalue weighted by Crippen LogP contribution is 2.55. The van der Waals surface area contributed by atoms with Crippen LogP contribution in [0.25, 0.3) is 0 Å². The highest BCUT2D eigenvalue weighted by atomic mass is 16.6. The van der Waals surface area contributed by atoms with E-state index in [-0.39, 0.29) is 22.8 Å². The standard InChI is InChI=1S/C16H27NO3/c1-5-20-14(19)17-10-8-16(9-11-17)7-6-12(18)13(16)15(2,3)4/h13H,5-11H2,1-4H3. The summed E-state index contributed by atoms with van der Waals surface area (Å²) < 4.78 is 5.07. The number of Topliss-reactive ketones (excluding diaryl/α,β-unsaturated/α-hetero) is 1. The fraction of sp³-hybridized carbons (Fsp3) is 0.875. The number of nitrogens with zero attached hydrogens (tertiary/aromatic N) is 1. The molecule has 1 aliphatic heterocycles. The monoisotopic (exact) mass is 281 g/mol. The van der Waals surface area contributed by atoms with Gasteiger partial charge in [-0.3, -0.25) is 4.79 Å². The number of likely N-dealkylation sites (tertiary alicyclic amines) is 1. The first-order valence-corrected chi connectivity index (χ1v) is 7.74. The molecule has 1 amide bonds. The fourth-order valence-corrected chi connectivity index (χ4v) is 4.29. The lowest BCUT2D eigenvalue weighted by molar-refractivity contribution is -0.127. The Balaban J connectivity index is 2.08. The van der Waals surface area contributed by atoms with Gasteiger partial charge >= 0.3 is 6.09 Å². The molecule has 1 unspecified atom stereocenters. The molecule has 1 spiro atoms. The van der Waals surface area contributed by atoms with E-state index in [0.29, 0.717) is 18.8 Å². The molecule has 1 saturated heterocycles. The molecule has 0 aromatic heterocycles. The Labute approximate surface area is 121 Å². The lowest BCUT2D eigenvalue weighted by Crippen LogP contribution is -2.48. The molecule has 0 N–H and O–H groups in total. The van der Waals surface area contributed by atoms with Crippen molar-refractivity contribution in [2.24, 2.45) is 16.7 Å². The normalized spacial score (nSPS) is 26.1. The van der Waals surface area contributed by atoms with E-state index in [2.05, 4.69) is 20.8 Å². The molecule has 1 atom stereocenters. The number of carbonyl (C=O) groups is 2. The zero-order chi connectivity index (χ0) is 15.0. The van der Waals surface area contributed by atoms with Crippen LogP contribution in [0.2, 0.25) is 0 Å². The van der Waals surface area contributed by atoms with Gasteiger partial charge < -0.3 is 9.64 Å². The SMILES string of the molecule is CCOC(=O)N1CCC2(CCC(=O)C2C(C)(C)C)CC1. The lowest BCUT2D eigenvalue weighted by atomic mass is 9.61. The van der Waals surface area contributed by atoms with Crippen LogP contribution in [0.5, 0.6) is 0 Å². The first-order valence-electron chi connectivity index (χ1n) is 7.74. The Bertz CT molecular complexity index is 389. The van der Waals surface area contributed by atoms with Gasteiger partial charge in [-0.05, 0) is 37.0 Å². The van der Waals surface area contributed by atoms with Crippen molar-refractivity contribution in [3.05, 3.63) is 0 Å². The predicted octanol–water partition coefficient (Wildman–Crippen LogP) is 3.25. The average Bonchev–Trinajstić information content (AvgIpc) is 2.67. The van der Waals surface area contributed by atoms with Crippen LogP contribution < -0.4 is 0 Å². The molecule has 1 heterocycles. The first-order chi connectivity index (χ1) is 9.30. The molecule has 2 fully saturated rings. The summed E-state index contributed by atoms with van der Waals surface area (Å²) in [6.45, 7) is 10.2. The summed E-state index contributed by atoms with van der Waals surface area (Å²) in [7, 11) is 0. The maximum atomic E-state index is 12.3. The molecule has 0 aromatic rings. The number of ketones is 1. The third kappa shape index (κ3) is 2.70. The molecule has 0 bridgehead atoms. The minimum atomic E-state index is -0.209. The predicted molar refractivity (Wildman–Crippen MR) is 77.4 cm³/mol. The Morgan fingerprint density at radius 3 is 2.40 bits per heavy atom. The second-order valence-corrected chi connectivity index (χ2v) is 7.31. The van der Waals surface area contributed by atoms with Crippen molar-refractivity contribution in [3.8, 4) is 0 Å². The van der Waals surface area contributed by atoms with Gasteiger partial charge in [-0.15, -0.1) is 0 Å². The summed E-state index contributed by atoms with van der Waals surface area (Å²) in [5.74, 6) is 0.557. The van der Waals surface area contributed by atoms with E-state index in [1.807, 2.05) is 6.92 Å². The summed E-state index contributed by atoms with van der Waals surface area (Å²) >= 11 is 0. The Morgan fingerprint density at radius 1 is 1.30 bits per heavy atom. The van der Waals surface area contributed by atoms with E-state index in [1.165, 1.54) is 0 Å². The number of hydrogen-bond acceptors (Lipinski definition) is 3. The summed E-state index contributed by atoms with van der Waals surface area (Å²) in [5.41, 5.74) is 0.123. The number of carbonyl (C=O) groups excluding carboxylic acids is 2. The second-order valence-electron chi connectivity index (χ2n) is 7.31. The van der Waals surface area contributed by atoms with E-state index in [4.69, 9.17) is 4.74 Å². The molecule has 20 heavy (non-hydrogen) atoms. The van der Waals surface area contributed by atoms with Crippen molar-refractivity contribution >= 4 is 11.9 Å². The summed E-state index contributed by atoms with van der Waals surface area (Å²) in [5, 5.41) is 0. The molecule has 4 heteroatoms. The summed E-state index contributed by atoms with van der Waals surface area (Å²) in [4.78, 5) is 25.9. The van der Waals surface area contributed by atoms with E-state index in [9.17, 15) is 9.59 Å². The van der Waals surface area contributed by atoms with Gasteiger partial charge in [0.1, 0.15) is 5.78 Å². The maximum Gasteiger partial charge on any atom is 0.409 e. The molecule has 1 aliphatic carbocycles. The zero-order valence-electron chi connectivity index (χ0n) is 13.2. The fourth-order valence-electron chi connectivity index (χ4n) is 4.29.